The third-order valence-electron chi connectivity index (χ3n) is 1.98. The second kappa shape index (κ2) is 5.64. The third kappa shape index (κ3) is 3.30. The number of imide groups is 1. The van der Waals surface area contributed by atoms with Crippen LogP contribution in [-0.4, -0.2) is 24.3 Å². The predicted octanol–water partition coefficient (Wildman–Crippen LogP) is -0.339. The van der Waals surface area contributed by atoms with E-state index < -0.39 is 17.7 Å². The van der Waals surface area contributed by atoms with Gasteiger partial charge >= 0.3 is 11.8 Å². The number of nitrogen functional groups attached to an aromatic ring is 1. The lowest BCUT2D eigenvalue weighted by Crippen LogP contribution is -2.42. The molecule has 0 aliphatic heterocycles. The van der Waals surface area contributed by atoms with E-state index >= 15 is 0 Å². The fourth-order valence-corrected chi connectivity index (χ4v) is 1.17. The Morgan fingerprint density at radius 1 is 1.18 bits per heavy atom. The lowest BCUT2D eigenvalue weighted by molar-refractivity contribution is -0.138. The van der Waals surface area contributed by atoms with Crippen LogP contribution < -0.4 is 16.4 Å². The van der Waals surface area contributed by atoms with Crippen LogP contribution in [0, 0.1) is 0 Å². The number of amides is 3. The number of nitrogens with two attached hydrogens (primary N) is 1. The number of nitrogens with one attached hydrogen (secondary N) is 2. The van der Waals surface area contributed by atoms with E-state index in [0.717, 1.165) is 0 Å². The standard InChI is InChI=1S/C11H13N3O3/c1-2-13-10(16)11(17)14-9(15)7-5-3-4-6-8(7)12/h3-6H,2,12H2,1H3,(H,13,16)(H,14,15,17). The van der Waals surface area contributed by atoms with Crippen molar-refractivity contribution in [2.24, 2.45) is 0 Å². The Hall–Kier alpha value is -2.37. The van der Waals surface area contributed by atoms with Crippen molar-refractivity contribution in [3.63, 3.8) is 0 Å². The van der Waals surface area contributed by atoms with Crippen molar-refractivity contribution < 1.29 is 14.4 Å². The summed E-state index contributed by atoms with van der Waals surface area (Å²) in [6, 6.07) is 6.28. The normalized spacial score (nSPS) is 9.47. The molecule has 0 bridgehead atoms. The molecule has 17 heavy (non-hydrogen) atoms. The molecule has 0 saturated carbocycles. The van der Waals surface area contributed by atoms with Crippen molar-refractivity contribution in [1.29, 1.82) is 0 Å². The van der Waals surface area contributed by atoms with Gasteiger partial charge in [-0.25, -0.2) is 0 Å². The van der Waals surface area contributed by atoms with E-state index in [2.05, 4.69) is 5.32 Å². The van der Waals surface area contributed by atoms with Crippen molar-refractivity contribution in [3.8, 4) is 0 Å². The van der Waals surface area contributed by atoms with Crippen LogP contribution in [0.3, 0.4) is 0 Å². The zero-order valence-electron chi connectivity index (χ0n) is 9.32. The average molecular weight is 235 g/mol. The number of para-hydroxylation sites is 1. The number of benzene rings is 1. The molecular formula is C11H13N3O3. The molecule has 0 aliphatic rings. The van der Waals surface area contributed by atoms with Gasteiger partial charge in [0.1, 0.15) is 0 Å². The van der Waals surface area contributed by atoms with Gasteiger partial charge in [0.2, 0.25) is 0 Å². The van der Waals surface area contributed by atoms with E-state index in [9.17, 15) is 14.4 Å². The average Bonchev–Trinajstić information content (AvgIpc) is 2.29. The Labute approximate surface area is 98.2 Å². The van der Waals surface area contributed by atoms with Gasteiger partial charge in [-0.15, -0.1) is 0 Å². The maximum atomic E-state index is 11.6. The molecule has 6 nitrogen and oxygen atoms in total. The summed E-state index contributed by atoms with van der Waals surface area (Å²) in [5, 5.41) is 4.23. The number of rotatable bonds is 2. The minimum Gasteiger partial charge on any atom is -0.398 e. The molecule has 0 heterocycles. The number of carbonyl (C=O) groups excluding carboxylic acids is 3. The topological polar surface area (TPSA) is 101 Å². The van der Waals surface area contributed by atoms with Crippen LogP contribution in [0.4, 0.5) is 5.69 Å². The first-order chi connectivity index (χ1) is 8.06. The smallest absolute Gasteiger partial charge is 0.316 e. The van der Waals surface area contributed by atoms with E-state index in [1.54, 1.807) is 19.1 Å². The van der Waals surface area contributed by atoms with Crippen LogP contribution in [0.2, 0.25) is 0 Å². The molecule has 1 rings (SSSR count). The van der Waals surface area contributed by atoms with Crippen molar-refractivity contribution in [2.45, 2.75) is 6.92 Å². The zero-order valence-corrected chi connectivity index (χ0v) is 9.32. The Bertz CT molecular complexity index is 457. The monoisotopic (exact) mass is 235 g/mol. The highest BCUT2D eigenvalue weighted by atomic mass is 16.2. The van der Waals surface area contributed by atoms with Crippen LogP contribution in [0.25, 0.3) is 0 Å². The summed E-state index contributed by atoms with van der Waals surface area (Å²) in [5.74, 6) is -2.55. The molecule has 0 aromatic heterocycles. The molecule has 1 aromatic carbocycles. The van der Waals surface area contributed by atoms with Gasteiger partial charge in [0.25, 0.3) is 5.91 Å². The highest BCUT2D eigenvalue weighted by molar-refractivity contribution is 6.38. The van der Waals surface area contributed by atoms with Crippen molar-refractivity contribution in [3.05, 3.63) is 29.8 Å². The van der Waals surface area contributed by atoms with Gasteiger partial charge in [-0.3, -0.25) is 19.7 Å². The van der Waals surface area contributed by atoms with Gasteiger partial charge in [0, 0.05) is 12.2 Å². The molecule has 0 aliphatic carbocycles. The summed E-state index contributed by atoms with van der Waals surface area (Å²) in [6.45, 7) is 1.98. The highest BCUT2D eigenvalue weighted by Crippen LogP contribution is 2.09. The van der Waals surface area contributed by atoms with Gasteiger partial charge < -0.3 is 11.1 Å². The zero-order chi connectivity index (χ0) is 12.8. The molecule has 4 N–H and O–H groups in total. The maximum absolute atomic E-state index is 11.6. The van der Waals surface area contributed by atoms with E-state index in [1.807, 2.05) is 5.32 Å². The molecule has 6 heteroatoms. The summed E-state index contributed by atoms with van der Waals surface area (Å²) in [6.07, 6.45) is 0. The maximum Gasteiger partial charge on any atom is 0.316 e. The van der Waals surface area contributed by atoms with Gasteiger partial charge in [0.15, 0.2) is 0 Å². The largest absolute Gasteiger partial charge is 0.398 e. The highest BCUT2D eigenvalue weighted by Gasteiger charge is 2.17. The Morgan fingerprint density at radius 2 is 1.82 bits per heavy atom. The predicted molar refractivity (Wildman–Crippen MR) is 62.0 cm³/mol. The van der Waals surface area contributed by atoms with Crippen LogP contribution >= 0.6 is 0 Å². The van der Waals surface area contributed by atoms with E-state index in [4.69, 9.17) is 5.73 Å². The van der Waals surface area contributed by atoms with Crippen LogP contribution in [0.5, 0.6) is 0 Å². The molecule has 0 fully saturated rings. The molecular weight excluding hydrogens is 222 g/mol. The molecule has 1 aromatic rings. The first-order valence-corrected chi connectivity index (χ1v) is 5.04. The van der Waals surface area contributed by atoms with Gasteiger partial charge in [-0.2, -0.15) is 0 Å². The summed E-state index contributed by atoms with van der Waals surface area (Å²) >= 11 is 0. The first-order valence-electron chi connectivity index (χ1n) is 5.04. The molecule has 0 radical (unpaired) electrons. The summed E-state index contributed by atoms with van der Waals surface area (Å²) in [7, 11) is 0. The second-order valence-electron chi connectivity index (χ2n) is 3.23. The molecule has 3 amide bonds. The van der Waals surface area contributed by atoms with Crippen LogP contribution in [-0.2, 0) is 9.59 Å². The minimum absolute atomic E-state index is 0.158. The first kappa shape index (κ1) is 12.7. The molecule has 90 valence electrons. The van der Waals surface area contributed by atoms with E-state index in [-0.39, 0.29) is 11.3 Å². The lowest BCUT2D eigenvalue weighted by atomic mass is 10.1. The number of likely N-dealkylation sites (N-methyl/N-ethyl adjacent to an activating group) is 1. The number of carbonyl (C=O) groups is 3. The molecule has 0 atom stereocenters. The minimum atomic E-state index is -1.000. The van der Waals surface area contributed by atoms with Gasteiger partial charge in [-0.05, 0) is 19.1 Å². The van der Waals surface area contributed by atoms with Crippen molar-refractivity contribution >= 4 is 23.4 Å². The SMILES string of the molecule is CCNC(=O)C(=O)NC(=O)c1ccccc1N. The van der Waals surface area contributed by atoms with E-state index in [0.29, 0.717) is 6.54 Å². The second-order valence-corrected chi connectivity index (χ2v) is 3.23. The molecule has 0 spiro atoms. The summed E-state index contributed by atoms with van der Waals surface area (Å²) < 4.78 is 0. The number of hydrogen-bond donors (Lipinski definition) is 3. The van der Waals surface area contributed by atoms with Crippen LogP contribution in [0.15, 0.2) is 24.3 Å². The van der Waals surface area contributed by atoms with Crippen molar-refractivity contribution in [1.82, 2.24) is 10.6 Å². The Kier molecular flexibility index (Phi) is 4.21. The van der Waals surface area contributed by atoms with Gasteiger partial charge in [-0.1, -0.05) is 12.1 Å². The Balaban J connectivity index is 2.71. The molecule has 0 saturated heterocycles. The van der Waals surface area contributed by atoms with Crippen LogP contribution in [0.1, 0.15) is 17.3 Å². The van der Waals surface area contributed by atoms with Crippen molar-refractivity contribution in [2.75, 3.05) is 12.3 Å². The van der Waals surface area contributed by atoms with E-state index in [1.165, 1.54) is 12.1 Å². The van der Waals surface area contributed by atoms with Gasteiger partial charge in [0.05, 0.1) is 5.56 Å². The summed E-state index contributed by atoms with van der Waals surface area (Å²) in [4.78, 5) is 33.9. The lowest BCUT2D eigenvalue weighted by Gasteiger charge is -2.05. The summed E-state index contributed by atoms with van der Waals surface area (Å²) in [5.41, 5.74) is 5.96. The quantitative estimate of drug-likeness (QED) is 0.482. The number of hydrogen-bond acceptors (Lipinski definition) is 4. The fraction of sp³-hybridized carbons (Fsp3) is 0.182. The Morgan fingerprint density at radius 3 is 2.41 bits per heavy atom. The fourth-order valence-electron chi connectivity index (χ4n) is 1.17. The number of anilines is 1. The third-order valence-corrected chi connectivity index (χ3v) is 1.98. The molecule has 0 unspecified atom stereocenters.